The van der Waals surface area contributed by atoms with Crippen LogP contribution < -0.4 is 0 Å². The number of hydrogen-bond acceptors (Lipinski definition) is 8. The van der Waals surface area contributed by atoms with E-state index in [1.807, 2.05) is 0 Å². The lowest BCUT2D eigenvalue weighted by Gasteiger charge is -2.40. The Morgan fingerprint density at radius 2 is 1.65 bits per heavy atom. The first-order valence-corrected chi connectivity index (χ1v) is 8.37. The van der Waals surface area contributed by atoms with E-state index in [0.717, 1.165) is 20.8 Å². The van der Waals surface area contributed by atoms with E-state index in [2.05, 4.69) is 0 Å². The molecular weight excluding hydrogens is 335 g/mol. The highest BCUT2D eigenvalue weighted by Crippen LogP contribution is 2.47. The summed E-state index contributed by atoms with van der Waals surface area (Å²) in [7, 11) is -4.66. The third-order valence-electron chi connectivity index (χ3n) is 2.94. The van der Waals surface area contributed by atoms with Crippen molar-refractivity contribution in [2.24, 2.45) is 0 Å². The van der Waals surface area contributed by atoms with E-state index in [-0.39, 0.29) is 6.42 Å². The number of ether oxygens (including phenoxy) is 4. The van der Waals surface area contributed by atoms with Crippen molar-refractivity contribution in [1.29, 1.82) is 0 Å². The molecule has 0 aromatic heterocycles. The fraction of sp³-hybridized carbons (Fsp3) is 0.750. The molecule has 0 aliphatic carbocycles. The molecule has 0 spiro atoms. The minimum absolute atomic E-state index is 0.363. The van der Waals surface area contributed by atoms with Gasteiger partial charge in [0.25, 0.3) is 0 Å². The van der Waals surface area contributed by atoms with Crippen LogP contribution in [0.1, 0.15) is 27.2 Å². The topological polar surface area (TPSA) is 146 Å². The third kappa shape index (κ3) is 6.26. The maximum atomic E-state index is 11.4. The van der Waals surface area contributed by atoms with Crippen molar-refractivity contribution >= 4 is 25.5 Å². The van der Waals surface area contributed by atoms with Crippen LogP contribution >= 0.6 is 7.60 Å². The van der Waals surface area contributed by atoms with Gasteiger partial charge in [-0.2, -0.15) is 0 Å². The van der Waals surface area contributed by atoms with Gasteiger partial charge < -0.3 is 28.7 Å². The van der Waals surface area contributed by atoms with Gasteiger partial charge in [0.15, 0.2) is 11.9 Å². The molecule has 0 unspecified atom stereocenters. The van der Waals surface area contributed by atoms with Crippen LogP contribution in [-0.2, 0) is 37.9 Å². The average Bonchev–Trinajstić information content (AvgIpc) is 2.36. The maximum Gasteiger partial charge on any atom is 0.354 e. The first kappa shape index (κ1) is 19.6. The molecule has 1 heterocycles. The zero-order chi connectivity index (χ0) is 17.8. The van der Waals surface area contributed by atoms with E-state index < -0.39 is 56.3 Å². The van der Waals surface area contributed by atoms with E-state index in [0.29, 0.717) is 0 Å². The van der Waals surface area contributed by atoms with Crippen LogP contribution in [0.15, 0.2) is 0 Å². The predicted octanol–water partition coefficient (Wildman–Crippen LogP) is -0.294. The number of carbonyl (C=O) groups is 3. The van der Waals surface area contributed by atoms with Crippen molar-refractivity contribution in [2.45, 2.75) is 51.3 Å². The molecule has 23 heavy (non-hydrogen) atoms. The first-order chi connectivity index (χ1) is 10.5. The Hall–Kier alpha value is -1.48. The Morgan fingerprint density at radius 1 is 1.09 bits per heavy atom. The van der Waals surface area contributed by atoms with Crippen molar-refractivity contribution in [1.82, 2.24) is 0 Å². The normalized spacial score (nSPS) is 27.9. The summed E-state index contributed by atoms with van der Waals surface area (Å²) < 4.78 is 31.4. The molecule has 0 aromatic carbocycles. The van der Waals surface area contributed by atoms with E-state index in [4.69, 9.17) is 18.9 Å². The zero-order valence-electron chi connectivity index (χ0n) is 12.8. The lowest BCUT2D eigenvalue weighted by molar-refractivity contribution is -0.207. The lowest BCUT2D eigenvalue weighted by Crippen LogP contribution is -2.53. The van der Waals surface area contributed by atoms with Crippen molar-refractivity contribution in [2.75, 3.05) is 6.61 Å². The molecule has 132 valence electrons. The number of rotatable bonds is 5. The highest BCUT2D eigenvalue weighted by molar-refractivity contribution is 7.52. The Kier molecular flexibility index (Phi) is 6.69. The minimum atomic E-state index is -4.66. The van der Waals surface area contributed by atoms with Crippen LogP contribution in [0.2, 0.25) is 0 Å². The Balaban J connectivity index is 3.05. The van der Waals surface area contributed by atoms with Gasteiger partial charge in [-0.1, -0.05) is 0 Å². The largest absolute Gasteiger partial charge is 0.463 e. The molecule has 0 bridgehead atoms. The van der Waals surface area contributed by atoms with Gasteiger partial charge in [0.1, 0.15) is 18.8 Å². The first-order valence-electron chi connectivity index (χ1n) is 6.69. The van der Waals surface area contributed by atoms with E-state index in [1.54, 1.807) is 0 Å². The molecule has 1 rings (SSSR count). The monoisotopic (exact) mass is 354 g/mol. The molecule has 1 saturated heterocycles. The van der Waals surface area contributed by atoms with Crippen molar-refractivity contribution < 1.29 is 47.7 Å². The number of hydrogen-bond donors (Lipinski definition) is 2. The Morgan fingerprint density at radius 3 is 2.09 bits per heavy atom. The second-order valence-electron chi connectivity index (χ2n) is 4.98. The summed E-state index contributed by atoms with van der Waals surface area (Å²) in [5.41, 5.74) is 0. The predicted molar refractivity (Wildman–Crippen MR) is 73.1 cm³/mol. The molecule has 0 amide bonds. The number of carbonyl (C=O) groups excluding carboxylic acids is 3. The van der Waals surface area contributed by atoms with Gasteiger partial charge >= 0.3 is 25.5 Å². The summed E-state index contributed by atoms with van der Waals surface area (Å²) in [5, 5.41) is 0. The summed E-state index contributed by atoms with van der Waals surface area (Å²) in [6, 6.07) is 0. The average molecular weight is 354 g/mol. The summed E-state index contributed by atoms with van der Waals surface area (Å²) in [4.78, 5) is 51.9. The molecule has 1 aliphatic rings. The van der Waals surface area contributed by atoms with Crippen molar-refractivity contribution in [3.05, 3.63) is 0 Å². The van der Waals surface area contributed by atoms with Crippen molar-refractivity contribution in [3.63, 3.8) is 0 Å². The quantitative estimate of drug-likeness (QED) is 0.383. The molecule has 10 nitrogen and oxygen atoms in total. The third-order valence-corrected chi connectivity index (χ3v) is 4.03. The summed E-state index contributed by atoms with van der Waals surface area (Å²) in [6.45, 7) is 2.94. The summed E-state index contributed by atoms with van der Waals surface area (Å²) in [6.07, 6.45) is -3.83. The highest BCUT2D eigenvalue weighted by Gasteiger charge is 2.48. The molecule has 0 radical (unpaired) electrons. The second kappa shape index (κ2) is 7.87. The number of esters is 3. The summed E-state index contributed by atoms with van der Waals surface area (Å²) >= 11 is 0. The molecule has 1 fully saturated rings. The van der Waals surface area contributed by atoms with Crippen LogP contribution in [0.3, 0.4) is 0 Å². The Labute approximate surface area is 132 Å². The molecule has 1 aliphatic heterocycles. The zero-order valence-corrected chi connectivity index (χ0v) is 13.7. The van der Waals surface area contributed by atoms with Gasteiger partial charge in [0.2, 0.25) is 0 Å². The lowest BCUT2D eigenvalue weighted by atomic mass is 10.0. The van der Waals surface area contributed by atoms with Crippen LogP contribution in [0.5, 0.6) is 0 Å². The van der Waals surface area contributed by atoms with Crippen LogP contribution in [0.4, 0.5) is 0 Å². The van der Waals surface area contributed by atoms with Crippen LogP contribution in [-0.4, -0.2) is 58.5 Å². The fourth-order valence-electron chi connectivity index (χ4n) is 2.13. The minimum Gasteiger partial charge on any atom is -0.463 e. The molecule has 0 aromatic rings. The SMILES string of the molecule is CC(=O)OC[C@H]1O[C@@H](P(=O)(O)O)C[C@@H](OC(C)=O)[C@@H]1OC(C)=O. The van der Waals surface area contributed by atoms with E-state index in [1.165, 1.54) is 0 Å². The second-order valence-corrected chi connectivity index (χ2v) is 6.73. The Bertz CT molecular complexity index is 512. The maximum absolute atomic E-state index is 11.4. The molecule has 11 heteroatoms. The van der Waals surface area contributed by atoms with Gasteiger partial charge in [-0.25, -0.2) is 0 Å². The molecule has 4 atom stereocenters. The highest BCUT2D eigenvalue weighted by atomic mass is 31.2. The van der Waals surface area contributed by atoms with Crippen LogP contribution in [0, 0.1) is 0 Å². The van der Waals surface area contributed by atoms with Gasteiger partial charge in [0, 0.05) is 27.2 Å². The van der Waals surface area contributed by atoms with Gasteiger partial charge in [0.05, 0.1) is 0 Å². The molecule has 0 saturated carbocycles. The molecule has 2 N–H and O–H groups in total. The standard InChI is InChI=1S/C12H19O10P/c1-6(13)19-5-10-12(21-8(3)15)9(20-7(2)14)4-11(22-10)23(16,17)18/h9-12H,4-5H2,1-3H3,(H2,16,17,18)/t9-,10-,11+,12+/m1/s1. The fourth-order valence-corrected chi connectivity index (χ4v) is 2.93. The van der Waals surface area contributed by atoms with Gasteiger partial charge in [-0.05, 0) is 0 Å². The van der Waals surface area contributed by atoms with Gasteiger partial charge in [-0.3, -0.25) is 18.9 Å². The van der Waals surface area contributed by atoms with Gasteiger partial charge in [-0.15, -0.1) is 0 Å². The molecular formula is C12H19O10P. The smallest absolute Gasteiger partial charge is 0.354 e. The van der Waals surface area contributed by atoms with E-state index in [9.17, 15) is 28.7 Å². The van der Waals surface area contributed by atoms with Crippen molar-refractivity contribution in [3.8, 4) is 0 Å². The van der Waals surface area contributed by atoms with E-state index >= 15 is 0 Å². The summed E-state index contributed by atoms with van der Waals surface area (Å²) in [5.74, 6) is -3.65. The van der Waals surface area contributed by atoms with Crippen LogP contribution in [0.25, 0.3) is 0 Å².